The van der Waals surface area contributed by atoms with Crippen LogP contribution in [0.15, 0.2) is 29.2 Å². The molecule has 1 amide bonds. The molecular weight excluding hydrogens is 355 g/mol. The highest BCUT2D eigenvalue weighted by Gasteiger charge is 2.27. The number of sulfone groups is 1. The standard InChI is InChI=1S/C16H23FN2O3S.ClH/c1-11-7-8-18-9-15(11)19-16(20)12(2)10-23(21,22)14-5-3-13(17)4-6-14;/h3-6,11-12,15,18H,7-10H2,1-2H3,(H,19,20);1H. The summed E-state index contributed by atoms with van der Waals surface area (Å²) in [6.45, 7) is 5.30. The second kappa shape index (κ2) is 8.78. The molecule has 0 radical (unpaired) electrons. The maximum absolute atomic E-state index is 12.9. The Balaban J connectivity index is 0.00000288. The number of benzene rings is 1. The molecule has 0 bridgehead atoms. The van der Waals surface area contributed by atoms with Gasteiger partial charge in [0.25, 0.3) is 0 Å². The number of rotatable bonds is 5. The van der Waals surface area contributed by atoms with E-state index in [0.29, 0.717) is 12.5 Å². The summed E-state index contributed by atoms with van der Waals surface area (Å²) in [6.07, 6.45) is 0.979. The van der Waals surface area contributed by atoms with Gasteiger partial charge in [0.15, 0.2) is 9.84 Å². The number of carbonyl (C=O) groups excluding carboxylic acids is 1. The molecule has 3 atom stereocenters. The number of carbonyl (C=O) groups is 1. The van der Waals surface area contributed by atoms with E-state index in [1.54, 1.807) is 6.92 Å². The zero-order chi connectivity index (χ0) is 17.0. The van der Waals surface area contributed by atoms with Gasteiger partial charge < -0.3 is 10.6 Å². The summed E-state index contributed by atoms with van der Waals surface area (Å²) < 4.78 is 37.5. The molecule has 2 N–H and O–H groups in total. The van der Waals surface area contributed by atoms with E-state index in [1.165, 1.54) is 12.1 Å². The van der Waals surface area contributed by atoms with Crippen molar-refractivity contribution in [1.29, 1.82) is 0 Å². The van der Waals surface area contributed by atoms with Crippen molar-refractivity contribution >= 4 is 28.2 Å². The van der Waals surface area contributed by atoms with Gasteiger partial charge in [-0.05, 0) is 43.1 Å². The van der Waals surface area contributed by atoms with Gasteiger partial charge in [-0.2, -0.15) is 0 Å². The summed E-state index contributed by atoms with van der Waals surface area (Å²) in [6, 6.07) is 4.68. The molecule has 5 nitrogen and oxygen atoms in total. The monoisotopic (exact) mass is 378 g/mol. The highest BCUT2D eigenvalue weighted by Crippen LogP contribution is 2.16. The number of nitrogens with one attached hydrogen (secondary N) is 2. The van der Waals surface area contributed by atoms with E-state index < -0.39 is 21.6 Å². The number of hydrogen-bond donors (Lipinski definition) is 2. The van der Waals surface area contributed by atoms with Gasteiger partial charge in [0.2, 0.25) is 5.91 Å². The van der Waals surface area contributed by atoms with Crippen LogP contribution in [0.3, 0.4) is 0 Å². The van der Waals surface area contributed by atoms with E-state index in [0.717, 1.165) is 25.1 Å². The van der Waals surface area contributed by atoms with Crippen LogP contribution >= 0.6 is 12.4 Å². The fourth-order valence-electron chi connectivity index (χ4n) is 2.65. The molecule has 1 aliphatic rings. The van der Waals surface area contributed by atoms with Crippen LogP contribution < -0.4 is 10.6 Å². The zero-order valence-electron chi connectivity index (χ0n) is 13.8. The Morgan fingerprint density at radius 2 is 2.00 bits per heavy atom. The number of piperidine rings is 1. The summed E-state index contributed by atoms with van der Waals surface area (Å²) in [7, 11) is -3.62. The van der Waals surface area contributed by atoms with Gasteiger partial charge in [-0.3, -0.25) is 4.79 Å². The third kappa shape index (κ3) is 5.43. The van der Waals surface area contributed by atoms with Gasteiger partial charge in [-0.15, -0.1) is 12.4 Å². The van der Waals surface area contributed by atoms with E-state index >= 15 is 0 Å². The van der Waals surface area contributed by atoms with Crippen molar-refractivity contribution in [3.63, 3.8) is 0 Å². The molecular formula is C16H24ClFN2O3S. The average molecular weight is 379 g/mol. The van der Waals surface area contributed by atoms with Gasteiger partial charge in [0.05, 0.1) is 10.6 Å². The first kappa shape index (κ1) is 20.9. The van der Waals surface area contributed by atoms with Crippen LogP contribution in [0, 0.1) is 17.7 Å². The minimum atomic E-state index is -3.62. The molecule has 136 valence electrons. The van der Waals surface area contributed by atoms with Gasteiger partial charge in [0.1, 0.15) is 5.82 Å². The van der Waals surface area contributed by atoms with Gasteiger partial charge in [-0.25, -0.2) is 12.8 Å². The fraction of sp³-hybridized carbons (Fsp3) is 0.562. The van der Waals surface area contributed by atoms with Crippen LogP contribution in [0.4, 0.5) is 4.39 Å². The van der Waals surface area contributed by atoms with Crippen molar-refractivity contribution in [2.45, 2.75) is 31.2 Å². The van der Waals surface area contributed by atoms with E-state index in [1.807, 2.05) is 0 Å². The normalized spacial score (nSPS) is 22.3. The molecule has 0 saturated carbocycles. The molecule has 8 heteroatoms. The Bertz CT molecular complexity index is 652. The number of halogens is 2. The zero-order valence-corrected chi connectivity index (χ0v) is 15.4. The second-order valence-corrected chi connectivity index (χ2v) is 8.26. The van der Waals surface area contributed by atoms with Crippen molar-refractivity contribution in [2.24, 2.45) is 11.8 Å². The predicted octanol–water partition coefficient (Wildman–Crippen LogP) is 1.77. The number of hydrogen-bond acceptors (Lipinski definition) is 4. The van der Waals surface area contributed by atoms with Crippen LogP contribution in [0.25, 0.3) is 0 Å². The first-order valence-corrected chi connectivity index (χ1v) is 9.44. The SMILES string of the molecule is CC(CS(=O)(=O)c1ccc(F)cc1)C(=O)NC1CNCCC1C.Cl. The Morgan fingerprint density at radius 3 is 2.58 bits per heavy atom. The predicted molar refractivity (Wildman–Crippen MR) is 93.4 cm³/mol. The van der Waals surface area contributed by atoms with Crippen molar-refractivity contribution in [3.8, 4) is 0 Å². The van der Waals surface area contributed by atoms with Crippen LogP contribution in [0.2, 0.25) is 0 Å². The molecule has 1 aliphatic heterocycles. The lowest BCUT2D eigenvalue weighted by atomic mass is 9.94. The highest BCUT2D eigenvalue weighted by molar-refractivity contribution is 7.91. The minimum Gasteiger partial charge on any atom is -0.352 e. The molecule has 0 aromatic heterocycles. The third-order valence-electron chi connectivity index (χ3n) is 4.25. The molecule has 1 aromatic rings. The summed E-state index contributed by atoms with van der Waals surface area (Å²) >= 11 is 0. The topological polar surface area (TPSA) is 75.3 Å². The molecule has 1 saturated heterocycles. The minimum absolute atomic E-state index is 0. The summed E-state index contributed by atoms with van der Waals surface area (Å²) in [5.41, 5.74) is 0. The highest BCUT2D eigenvalue weighted by atomic mass is 35.5. The quantitative estimate of drug-likeness (QED) is 0.766. The van der Waals surface area contributed by atoms with E-state index in [-0.39, 0.29) is 35.0 Å². The number of amides is 1. The Labute approximate surface area is 148 Å². The van der Waals surface area contributed by atoms with Crippen LogP contribution in [0.1, 0.15) is 20.3 Å². The first-order chi connectivity index (χ1) is 10.8. The van der Waals surface area contributed by atoms with Crippen LogP contribution in [0.5, 0.6) is 0 Å². The van der Waals surface area contributed by atoms with E-state index in [9.17, 15) is 17.6 Å². The largest absolute Gasteiger partial charge is 0.352 e. The second-order valence-electron chi connectivity index (χ2n) is 6.22. The third-order valence-corrected chi connectivity index (χ3v) is 6.17. The summed E-state index contributed by atoms with van der Waals surface area (Å²) in [4.78, 5) is 12.3. The smallest absolute Gasteiger partial charge is 0.224 e. The molecule has 0 spiro atoms. The van der Waals surface area contributed by atoms with Gasteiger partial charge >= 0.3 is 0 Å². The molecule has 1 aromatic carbocycles. The van der Waals surface area contributed by atoms with E-state index in [4.69, 9.17) is 0 Å². The van der Waals surface area contributed by atoms with Crippen molar-refractivity contribution in [2.75, 3.05) is 18.8 Å². The Morgan fingerprint density at radius 1 is 1.38 bits per heavy atom. The molecule has 3 unspecified atom stereocenters. The summed E-state index contributed by atoms with van der Waals surface area (Å²) in [5.74, 6) is -1.36. The maximum Gasteiger partial charge on any atom is 0.224 e. The molecule has 24 heavy (non-hydrogen) atoms. The van der Waals surface area contributed by atoms with Gasteiger partial charge in [-0.1, -0.05) is 13.8 Å². The maximum atomic E-state index is 12.9. The lowest BCUT2D eigenvalue weighted by Crippen LogP contribution is -2.51. The molecule has 0 aliphatic carbocycles. The fourth-order valence-corrected chi connectivity index (χ4v) is 4.20. The van der Waals surface area contributed by atoms with Gasteiger partial charge in [0, 0.05) is 18.5 Å². The molecule has 1 fully saturated rings. The van der Waals surface area contributed by atoms with Crippen molar-refractivity contribution in [1.82, 2.24) is 10.6 Å². The van der Waals surface area contributed by atoms with Crippen molar-refractivity contribution < 1.29 is 17.6 Å². The Hall–Kier alpha value is -1.18. The van der Waals surface area contributed by atoms with Crippen LogP contribution in [-0.2, 0) is 14.6 Å². The molecule has 1 heterocycles. The summed E-state index contributed by atoms with van der Waals surface area (Å²) in [5, 5.41) is 6.15. The average Bonchev–Trinajstić information content (AvgIpc) is 2.49. The lowest BCUT2D eigenvalue weighted by Gasteiger charge is -2.31. The van der Waals surface area contributed by atoms with E-state index in [2.05, 4.69) is 17.6 Å². The first-order valence-electron chi connectivity index (χ1n) is 7.79. The molecule has 2 rings (SSSR count). The Kier molecular flexibility index (Phi) is 7.63. The van der Waals surface area contributed by atoms with Crippen molar-refractivity contribution in [3.05, 3.63) is 30.1 Å². The van der Waals surface area contributed by atoms with Crippen LogP contribution in [-0.4, -0.2) is 39.2 Å². The lowest BCUT2D eigenvalue weighted by molar-refractivity contribution is -0.125.